The molecular weight excluding hydrogens is 292 g/mol. The van der Waals surface area contributed by atoms with Crippen molar-refractivity contribution in [2.45, 2.75) is 33.2 Å². The molecule has 0 unspecified atom stereocenters. The third-order valence-corrected chi connectivity index (χ3v) is 4.54. The van der Waals surface area contributed by atoms with Gasteiger partial charge in [0.2, 0.25) is 5.91 Å². The fourth-order valence-corrected chi connectivity index (χ4v) is 3.34. The molecule has 0 aliphatic carbocycles. The summed E-state index contributed by atoms with van der Waals surface area (Å²) < 4.78 is 0. The number of likely N-dealkylation sites (N-methyl/N-ethyl adjacent to an activating group) is 1. The summed E-state index contributed by atoms with van der Waals surface area (Å²) >= 11 is 1.72. The monoisotopic (exact) mass is 316 g/mol. The van der Waals surface area contributed by atoms with Crippen molar-refractivity contribution in [1.29, 1.82) is 0 Å². The maximum Gasteiger partial charge on any atom is 0.238 e. The Labute approximate surface area is 137 Å². The van der Waals surface area contributed by atoms with Gasteiger partial charge in [-0.25, -0.2) is 0 Å². The predicted octanol–water partition coefficient (Wildman–Crippen LogP) is 3.94. The number of nitrogens with one attached hydrogen (secondary N) is 1. The number of nitrogens with zero attached hydrogens (tertiary/aromatic N) is 1. The van der Waals surface area contributed by atoms with Crippen molar-refractivity contribution >= 4 is 22.9 Å². The second-order valence-corrected chi connectivity index (χ2v) is 6.49. The Morgan fingerprint density at radius 1 is 1.14 bits per heavy atom. The minimum Gasteiger partial charge on any atom is -0.324 e. The molecule has 4 heteroatoms. The Hall–Kier alpha value is -1.65. The second kappa shape index (κ2) is 8.11. The molecule has 1 amide bonds. The van der Waals surface area contributed by atoms with Gasteiger partial charge in [-0.2, -0.15) is 0 Å². The number of aryl methyl sites for hydroxylation is 2. The zero-order valence-corrected chi connectivity index (χ0v) is 14.4. The lowest BCUT2D eigenvalue weighted by molar-refractivity contribution is -0.117. The van der Waals surface area contributed by atoms with E-state index in [2.05, 4.69) is 48.8 Å². The van der Waals surface area contributed by atoms with Crippen LogP contribution >= 0.6 is 11.3 Å². The Bertz CT molecular complexity index is 585. The van der Waals surface area contributed by atoms with Crippen molar-refractivity contribution in [3.05, 3.63) is 51.7 Å². The molecule has 2 rings (SSSR count). The normalized spacial score (nSPS) is 10.9. The van der Waals surface area contributed by atoms with Crippen molar-refractivity contribution in [2.75, 3.05) is 18.9 Å². The first-order valence-corrected chi connectivity index (χ1v) is 8.63. The van der Waals surface area contributed by atoms with Gasteiger partial charge in [0.25, 0.3) is 0 Å². The molecule has 3 nitrogen and oxygen atoms in total. The minimum absolute atomic E-state index is 0.0506. The fourth-order valence-electron chi connectivity index (χ4n) is 2.55. The Balaban J connectivity index is 1.99. The van der Waals surface area contributed by atoms with E-state index in [1.54, 1.807) is 11.3 Å². The van der Waals surface area contributed by atoms with Crippen LogP contribution in [-0.2, 0) is 24.2 Å². The van der Waals surface area contributed by atoms with E-state index in [0.29, 0.717) is 6.54 Å². The molecule has 1 aromatic heterocycles. The highest BCUT2D eigenvalue weighted by Gasteiger charge is 2.12. The van der Waals surface area contributed by atoms with E-state index in [1.165, 1.54) is 16.0 Å². The Kier molecular flexibility index (Phi) is 6.16. The summed E-state index contributed by atoms with van der Waals surface area (Å²) in [6.07, 6.45) is 1.85. The number of para-hydroxylation sites is 1. The van der Waals surface area contributed by atoms with Gasteiger partial charge in [-0.05, 0) is 42.5 Å². The number of carbonyl (C=O) groups excluding carboxylic acids is 1. The lowest BCUT2D eigenvalue weighted by Crippen LogP contribution is -2.30. The first-order chi connectivity index (χ1) is 10.6. The Morgan fingerprint density at radius 3 is 2.36 bits per heavy atom. The van der Waals surface area contributed by atoms with Crippen LogP contribution in [0.3, 0.4) is 0 Å². The van der Waals surface area contributed by atoms with Crippen molar-refractivity contribution in [2.24, 2.45) is 0 Å². The minimum atomic E-state index is 0.0506. The second-order valence-electron chi connectivity index (χ2n) is 5.46. The zero-order chi connectivity index (χ0) is 15.9. The van der Waals surface area contributed by atoms with Crippen molar-refractivity contribution in [3.8, 4) is 0 Å². The van der Waals surface area contributed by atoms with Crippen molar-refractivity contribution in [3.63, 3.8) is 0 Å². The van der Waals surface area contributed by atoms with Crippen LogP contribution in [0, 0.1) is 0 Å². The van der Waals surface area contributed by atoms with Gasteiger partial charge in [0.1, 0.15) is 0 Å². The average Bonchev–Trinajstić information content (AvgIpc) is 2.99. The molecule has 0 radical (unpaired) electrons. The van der Waals surface area contributed by atoms with Gasteiger partial charge in [0.05, 0.1) is 6.54 Å². The number of benzene rings is 1. The largest absolute Gasteiger partial charge is 0.324 e. The standard InChI is InChI=1S/C18H24N2OS/c1-4-14-8-6-9-15(5-2)18(14)19-17(21)13-20(3)12-16-10-7-11-22-16/h6-11H,4-5,12-13H2,1-3H3,(H,19,21). The van der Waals surface area contributed by atoms with Gasteiger partial charge in [-0.3, -0.25) is 9.69 Å². The van der Waals surface area contributed by atoms with Crippen LogP contribution in [0.5, 0.6) is 0 Å². The first-order valence-electron chi connectivity index (χ1n) is 7.75. The molecule has 0 fully saturated rings. The molecule has 0 saturated heterocycles. The molecule has 118 valence electrons. The molecule has 1 heterocycles. The van der Waals surface area contributed by atoms with Crippen LogP contribution < -0.4 is 5.32 Å². The van der Waals surface area contributed by atoms with E-state index in [4.69, 9.17) is 0 Å². The highest BCUT2D eigenvalue weighted by Crippen LogP contribution is 2.22. The van der Waals surface area contributed by atoms with Gasteiger partial charge in [0.15, 0.2) is 0 Å². The van der Waals surface area contributed by atoms with Crippen molar-refractivity contribution in [1.82, 2.24) is 4.90 Å². The number of hydrogen-bond donors (Lipinski definition) is 1. The lowest BCUT2D eigenvalue weighted by Gasteiger charge is -2.18. The van der Waals surface area contributed by atoms with E-state index in [0.717, 1.165) is 25.1 Å². The van der Waals surface area contributed by atoms with Crippen LogP contribution in [0.15, 0.2) is 35.7 Å². The molecular formula is C18H24N2OS. The van der Waals surface area contributed by atoms with E-state index >= 15 is 0 Å². The highest BCUT2D eigenvalue weighted by molar-refractivity contribution is 7.09. The molecule has 0 atom stereocenters. The van der Waals surface area contributed by atoms with Crippen LogP contribution in [0.25, 0.3) is 0 Å². The molecule has 1 aromatic carbocycles. The van der Waals surface area contributed by atoms with Gasteiger partial charge < -0.3 is 5.32 Å². The van der Waals surface area contributed by atoms with Gasteiger partial charge in [-0.15, -0.1) is 11.3 Å². The van der Waals surface area contributed by atoms with Gasteiger partial charge in [-0.1, -0.05) is 38.1 Å². The first kappa shape index (κ1) is 16.7. The number of anilines is 1. The van der Waals surface area contributed by atoms with Crippen LogP contribution in [0.4, 0.5) is 5.69 Å². The average molecular weight is 316 g/mol. The number of hydrogen-bond acceptors (Lipinski definition) is 3. The van der Waals surface area contributed by atoms with Crippen LogP contribution in [0.2, 0.25) is 0 Å². The summed E-state index contributed by atoms with van der Waals surface area (Å²) in [6, 6.07) is 10.4. The number of amides is 1. The SMILES string of the molecule is CCc1cccc(CC)c1NC(=O)CN(C)Cc1cccs1. The summed E-state index contributed by atoms with van der Waals surface area (Å²) in [4.78, 5) is 15.7. The summed E-state index contributed by atoms with van der Waals surface area (Å²) in [5.74, 6) is 0.0506. The maximum atomic E-state index is 12.3. The van der Waals surface area contributed by atoms with Gasteiger partial charge in [0, 0.05) is 17.1 Å². The summed E-state index contributed by atoms with van der Waals surface area (Å²) in [5, 5.41) is 5.18. The summed E-state index contributed by atoms with van der Waals surface area (Å²) in [7, 11) is 1.98. The molecule has 0 aliphatic rings. The summed E-state index contributed by atoms with van der Waals surface area (Å²) in [5.41, 5.74) is 3.41. The van der Waals surface area contributed by atoms with Crippen LogP contribution in [-0.4, -0.2) is 24.4 Å². The number of rotatable bonds is 7. The van der Waals surface area contributed by atoms with E-state index in [9.17, 15) is 4.79 Å². The fraction of sp³-hybridized carbons (Fsp3) is 0.389. The summed E-state index contributed by atoms with van der Waals surface area (Å²) in [6.45, 7) is 5.45. The highest BCUT2D eigenvalue weighted by atomic mass is 32.1. The van der Waals surface area contributed by atoms with E-state index in [1.807, 2.05) is 18.0 Å². The predicted molar refractivity (Wildman–Crippen MR) is 94.5 cm³/mol. The third-order valence-electron chi connectivity index (χ3n) is 3.68. The number of thiophene rings is 1. The molecule has 0 saturated carbocycles. The molecule has 0 bridgehead atoms. The van der Waals surface area contributed by atoms with E-state index < -0.39 is 0 Å². The van der Waals surface area contributed by atoms with Gasteiger partial charge >= 0.3 is 0 Å². The molecule has 1 N–H and O–H groups in total. The number of carbonyl (C=O) groups is 1. The third kappa shape index (κ3) is 4.42. The van der Waals surface area contributed by atoms with Crippen molar-refractivity contribution < 1.29 is 4.79 Å². The molecule has 0 spiro atoms. The lowest BCUT2D eigenvalue weighted by atomic mass is 10.0. The van der Waals surface area contributed by atoms with E-state index in [-0.39, 0.29) is 5.91 Å². The zero-order valence-electron chi connectivity index (χ0n) is 13.6. The molecule has 0 aliphatic heterocycles. The maximum absolute atomic E-state index is 12.3. The molecule has 22 heavy (non-hydrogen) atoms. The van der Waals surface area contributed by atoms with Crippen LogP contribution in [0.1, 0.15) is 29.9 Å². The quantitative estimate of drug-likeness (QED) is 0.839. The smallest absolute Gasteiger partial charge is 0.238 e. The topological polar surface area (TPSA) is 32.3 Å². The molecule has 2 aromatic rings. The Morgan fingerprint density at radius 2 is 1.82 bits per heavy atom.